The van der Waals surface area contributed by atoms with Crippen LogP contribution in [0, 0.1) is 28.9 Å². The van der Waals surface area contributed by atoms with Crippen molar-refractivity contribution in [3.05, 3.63) is 76.7 Å². The molecule has 1 aliphatic heterocycles. The lowest BCUT2D eigenvalue weighted by Gasteiger charge is -2.23. The van der Waals surface area contributed by atoms with E-state index in [1.165, 1.54) is 12.1 Å². The van der Waals surface area contributed by atoms with Gasteiger partial charge in [0, 0.05) is 12.0 Å². The van der Waals surface area contributed by atoms with Crippen molar-refractivity contribution in [1.82, 2.24) is 24.9 Å². The molecule has 0 radical (unpaired) electrons. The maximum Gasteiger partial charge on any atom is 0.198 e. The Morgan fingerprint density at radius 1 is 1.17 bits per heavy atom. The van der Waals surface area contributed by atoms with E-state index in [-0.39, 0.29) is 23.4 Å². The van der Waals surface area contributed by atoms with Crippen LogP contribution in [0.15, 0.2) is 42.6 Å². The van der Waals surface area contributed by atoms with Gasteiger partial charge in [-0.3, -0.25) is 0 Å². The summed E-state index contributed by atoms with van der Waals surface area (Å²) in [5.74, 6) is 0.540. The summed E-state index contributed by atoms with van der Waals surface area (Å²) in [6.45, 7) is 3.93. The number of hydrogen-bond acceptors (Lipinski definition) is 6. The fourth-order valence-electron chi connectivity index (χ4n) is 4.70. The van der Waals surface area contributed by atoms with E-state index in [9.17, 15) is 14.0 Å². The number of rotatable bonds is 7. The highest BCUT2D eigenvalue weighted by Crippen LogP contribution is 2.28. The average Bonchev–Trinajstić information content (AvgIpc) is 3.30. The second-order valence-corrected chi connectivity index (χ2v) is 9.63. The minimum absolute atomic E-state index is 0.0543. The smallest absolute Gasteiger partial charge is 0.198 e. The standard InChI is InChI=1S/C26H26F2N7P/c1-36-34-25-26-32-23(13-20-17(4-3-7-21(20)27)12-16-8-10-30-11-9-16)33-35(26)15-22(31-25)19-6-2-5-18(14-29)24(19)28/h2-7,15-16,30,36H,8-13H2,1H3,(H,31,34). The Morgan fingerprint density at radius 3 is 2.75 bits per heavy atom. The van der Waals surface area contributed by atoms with Gasteiger partial charge in [0.1, 0.15) is 17.7 Å². The molecule has 2 aromatic heterocycles. The van der Waals surface area contributed by atoms with Gasteiger partial charge in [-0.1, -0.05) is 18.2 Å². The lowest BCUT2D eigenvalue weighted by Crippen LogP contribution is -2.28. The van der Waals surface area contributed by atoms with E-state index in [2.05, 4.69) is 25.5 Å². The Hall–Kier alpha value is -3.47. The van der Waals surface area contributed by atoms with E-state index in [1.807, 2.05) is 18.8 Å². The molecule has 0 bridgehead atoms. The van der Waals surface area contributed by atoms with E-state index in [4.69, 9.17) is 0 Å². The predicted octanol–water partition coefficient (Wildman–Crippen LogP) is 4.71. The van der Waals surface area contributed by atoms with Crippen molar-refractivity contribution in [2.24, 2.45) is 5.92 Å². The molecule has 0 spiro atoms. The Morgan fingerprint density at radius 2 is 1.97 bits per heavy atom. The zero-order valence-corrected chi connectivity index (χ0v) is 20.9. The molecule has 2 N–H and O–H groups in total. The first-order valence-electron chi connectivity index (χ1n) is 11.9. The number of anilines is 1. The van der Waals surface area contributed by atoms with E-state index < -0.39 is 5.82 Å². The van der Waals surface area contributed by atoms with E-state index >= 15 is 0 Å². The molecular weight excluding hydrogens is 479 g/mol. The third-order valence-corrected chi connectivity index (χ3v) is 7.01. The maximum absolute atomic E-state index is 15.0. The van der Waals surface area contributed by atoms with Crippen molar-refractivity contribution < 1.29 is 8.78 Å². The second kappa shape index (κ2) is 10.7. The summed E-state index contributed by atoms with van der Waals surface area (Å²) in [5, 5.41) is 20.4. The quantitative estimate of drug-likeness (QED) is 0.354. The topological polar surface area (TPSA) is 90.9 Å². The van der Waals surface area contributed by atoms with Crippen LogP contribution in [0.5, 0.6) is 0 Å². The largest absolute Gasteiger partial charge is 0.349 e. The Bertz CT molecular complexity index is 1440. The molecule has 1 fully saturated rings. The number of hydrogen-bond donors (Lipinski definition) is 2. The number of aromatic nitrogens is 4. The van der Waals surface area contributed by atoms with Crippen LogP contribution in [-0.4, -0.2) is 39.3 Å². The van der Waals surface area contributed by atoms with E-state index in [0.29, 0.717) is 43.2 Å². The van der Waals surface area contributed by atoms with Crippen LogP contribution >= 0.6 is 8.73 Å². The van der Waals surface area contributed by atoms with Gasteiger partial charge in [-0.25, -0.2) is 23.3 Å². The number of benzene rings is 2. The van der Waals surface area contributed by atoms with Crippen molar-refractivity contribution in [3.63, 3.8) is 0 Å². The average molecular weight is 506 g/mol. The number of nitrogens with one attached hydrogen (secondary N) is 2. The zero-order chi connectivity index (χ0) is 25.1. The molecule has 184 valence electrons. The van der Waals surface area contributed by atoms with Crippen molar-refractivity contribution in [3.8, 4) is 17.3 Å². The van der Waals surface area contributed by atoms with Crippen molar-refractivity contribution >= 4 is 20.2 Å². The maximum atomic E-state index is 15.0. The molecule has 10 heteroatoms. The lowest BCUT2D eigenvalue weighted by molar-refractivity contribution is 0.371. The molecule has 1 aliphatic rings. The molecule has 5 rings (SSSR count). The minimum atomic E-state index is -0.633. The Kier molecular flexibility index (Phi) is 7.17. The number of halogens is 2. The lowest BCUT2D eigenvalue weighted by atomic mass is 9.88. The van der Waals surface area contributed by atoms with Gasteiger partial charge in [-0.15, -0.1) is 0 Å². The first kappa shape index (κ1) is 24.2. The summed E-state index contributed by atoms with van der Waals surface area (Å²) < 4.78 is 31.4. The van der Waals surface area contributed by atoms with Gasteiger partial charge in [-0.05, 0) is 83.0 Å². The monoisotopic (exact) mass is 505 g/mol. The van der Waals surface area contributed by atoms with Crippen molar-refractivity contribution in [1.29, 1.82) is 5.26 Å². The van der Waals surface area contributed by atoms with Gasteiger partial charge in [0.05, 0.1) is 17.5 Å². The molecule has 0 saturated carbocycles. The van der Waals surface area contributed by atoms with Crippen molar-refractivity contribution in [2.75, 3.05) is 24.8 Å². The van der Waals surface area contributed by atoms with Gasteiger partial charge in [0.25, 0.3) is 0 Å². The van der Waals surface area contributed by atoms with Gasteiger partial charge >= 0.3 is 0 Å². The molecule has 0 amide bonds. The summed E-state index contributed by atoms with van der Waals surface area (Å²) in [6.07, 6.45) is 4.82. The van der Waals surface area contributed by atoms with Crippen LogP contribution in [-0.2, 0) is 12.8 Å². The van der Waals surface area contributed by atoms with Gasteiger partial charge in [-0.2, -0.15) is 10.4 Å². The van der Waals surface area contributed by atoms with Crippen LogP contribution in [0.1, 0.15) is 35.4 Å². The molecule has 2 aromatic carbocycles. The van der Waals surface area contributed by atoms with Gasteiger partial charge in [0.2, 0.25) is 0 Å². The normalized spacial score (nSPS) is 14.5. The molecule has 1 atom stereocenters. The van der Waals surface area contributed by atoms with Crippen LogP contribution in [0.4, 0.5) is 14.6 Å². The molecule has 3 heterocycles. The van der Waals surface area contributed by atoms with Gasteiger partial charge in [0.15, 0.2) is 17.3 Å². The number of nitriles is 1. The summed E-state index contributed by atoms with van der Waals surface area (Å²) in [7, 11) is 0.324. The third kappa shape index (κ3) is 4.92. The third-order valence-electron chi connectivity index (χ3n) is 6.52. The number of fused-ring (bicyclic) bond motifs is 1. The summed E-state index contributed by atoms with van der Waals surface area (Å²) in [4.78, 5) is 9.23. The zero-order valence-electron chi connectivity index (χ0n) is 19.9. The first-order valence-corrected chi connectivity index (χ1v) is 13.4. The molecule has 36 heavy (non-hydrogen) atoms. The highest BCUT2D eigenvalue weighted by molar-refractivity contribution is 7.38. The van der Waals surface area contributed by atoms with E-state index in [1.54, 1.807) is 28.9 Å². The fraction of sp³-hybridized carbons (Fsp3) is 0.308. The molecule has 1 unspecified atom stereocenters. The summed E-state index contributed by atoms with van der Waals surface area (Å²) in [5.41, 5.74) is 2.56. The minimum Gasteiger partial charge on any atom is -0.349 e. The highest BCUT2D eigenvalue weighted by atomic mass is 31.1. The molecule has 1 saturated heterocycles. The molecule has 0 aliphatic carbocycles. The van der Waals surface area contributed by atoms with Crippen LogP contribution in [0.3, 0.4) is 0 Å². The van der Waals surface area contributed by atoms with Gasteiger partial charge < -0.3 is 10.4 Å². The van der Waals surface area contributed by atoms with Crippen LogP contribution < -0.4 is 10.4 Å². The van der Waals surface area contributed by atoms with E-state index in [0.717, 1.165) is 37.9 Å². The fourth-order valence-corrected chi connectivity index (χ4v) is 5.11. The number of nitrogens with zero attached hydrogens (tertiary/aromatic N) is 5. The predicted molar refractivity (Wildman–Crippen MR) is 137 cm³/mol. The first-order chi connectivity index (χ1) is 17.6. The molecule has 7 nitrogen and oxygen atoms in total. The number of piperidine rings is 1. The Balaban J connectivity index is 1.52. The second-order valence-electron chi connectivity index (χ2n) is 8.88. The SMILES string of the molecule is CPNc1nc(-c2cccc(C#N)c2F)cn2nc(Cc3c(F)cccc3CC3CCNCC3)nc12. The Labute approximate surface area is 209 Å². The van der Waals surface area contributed by atoms with Crippen LogP contribution in [0.2, 0.25) is 0 Å². The van der Waals surface area contributed by atoms with Crippen molar-refractivity contribution in [2.45, 2.75) is 25.7 Å². The summed E-state index contributed by atoms with van der Waals surface area (Å²) >= 11 is 0. The summed E-state index contributed by atoms with van der Waals surface area (Å²) in [6, 6.07) is 11.7. The highest BCUT2D eigenvalue weighted by Gasteiger charge is 2.20. The molecule has 4 aromatic rings. The molecular formula is C26H26F2N7P. The van der Waals surface area contributed by atoms with Crippen LogP contribution in [0.25, 0.3) is 16.9 Å².